The quantitative estimate of drug-likeness (QED) is 0.669. The van der Waals surface area contributed by atoms with E-state index in [9.17, 15) is 9.59 Å². The van der Waals surface area contributed by atoms with Gasteiger partial charge in [-0.3, -0.25) is 9.59 Å². The summed E-state index contributed by atoms with van der Waals surface area (Å²) in [5.41, 5.74) is 1.53. The van der Waals surface area contributed by atoms with Crippen LogP contribution in [0.15, 0.2) is 51.7 Å². The number of halogens is 1. The maximum atomic E-state index is 12.5. The number of aromatic amines is 1. The maximum absolute atomic E-state index is 12.5. The first-order valence-electron chi connectivity index (χ1n) is 8.59. The molecule has 1 aliphatic rings. The number of rotatable bonds is 3. The largest absolute Gasteiger partial charge is 0.490 e. The Morgan fingerprint density at radius 1 is 1.07 bits per heavy atom. The molecule has 0 saturated heterocycles. The molecule has 4 rings (SSSR count). The number of hydrogen-bond acceptors (Lipinski definition) is 4. The minimum atomic E-state index is -0.343. The van der Waals surface area contributed by atoms with Gasteiger partial charge in [0.05, 0.1) is 13.2 Å². The lowest BCUT2D eigenvalue weighted by Gasteiger charge is -2.10. The summed E-state index contributed by atoms with van der Waals surface area (Å²) >= 11 is 3.34. The van der Waals surface area contributed by atoms with Crippen molar-refractivity contribution in [2.75, 3.05) is 13.2 Å². The fourth-order valence-electron chi connectivity index (χ4n) is 2.94. The number of H-pyrrole nitrogens is 1. The Morgan fingerprint density at radius 2 is 1.89 bits per heavy atom. The van der Waals surface area contributed by atoms with E-state index in [1.54, 1.807) is 12.1 Å². The molecule has 0 radical (unpaired) electrons. The lowest BCUT2D eigenvalue weighted by Crippen LogP contribution is -2.25. The fraction of sp³-hybridized carbons (Fsp3) is 0.200. The standard InChI is InChI=1S/C20H17BrN2O4/c21-13-3-4-15-14(9-13)17(24)10-16(23-15)20(25)22-11-12-2-5-18-19(8-12)27-7-1-6-26-18/h2-5,8-10H,1,6-7,11H2,(H,22,25)(H,23,24). The molecule has 6 nitrogen and oxygen atoms in total. The predicted molar refractivity (Wildman–Crippen MR) is 105 cm³/mol. The molecule has 0 fully saturated rings. The summed E-state index contributed by atoms with van der Waals surface area (Å²) < 4.78 is 12.1. The minimum absolute atomic E-state index is 0.203. The number of fused-ring (bicyclic) bond motifs is 2. The molecular weight excluding hydrogens is 412 g/mol. The van der Waals surface area contributed by atoms with E-state index >= 15 is 0 Å². The highest BCUT2D eigenvalue weighted by Crippen LogP contribution is 2.30. The second-order valence-corrected chi connectivity index (χ2v) is 7.17. The summed E-state index contributed by atoms with van der Waals surface area (Å²) in [6, 6.07) is 12.2. The second-order valence-electron chi connectivity index (χ2n) is 6.25. The van der Waals surface area contributed by atoms with Crippen LogP contribution >= 0.6 is 15.9 Å². The molecule has 3 aromatic rings. The highest BCUT2D eigenvalue weighted by molar-refractivity contribution is 9.10. The van der Waals surface area contributed by atoms with Crippen LogP contribution in [-0.4, -0.2) is 24.1 Å². The van der Waals surface area contributed by atoms with E-state index in [2.05, 4.69) is 26.2 Å². The normalized spacial score (nSPS) is 13.2. The van der Waals surface area contributed by atoms with Gasteiger partial charge in [-0.1, -0.05) is 22.0 Å². The highest BCUT2D eigenvalue weighted by Gasteiger charge is 2.13. The van der Waals surface area contributed by atoms with Crippen molar-refractivity contribution in [2.45, 2.75) is 13.0 Å². The molecular formula is C20H17BrN2O4. The summed E-state index contributed by atoms with van der Waals surface area (Å²) in [5, 5.41) is 3.36. The van der Waals surface area contributed by atoms with Gasteiger partial charge in [-0.05, 0) is 35.9 Å². The van der Waals surface area contributed by atoms with E-state index in [0.717, 1.165) is 16.5 Å². The molecule has 0 unspecified atom stereocenters. The number of ether oxygens (including phenoxy) is 2. The lowest BCUT2D eigenvalue weighted by atomic mass is 10.1. The maximum Gasteiger partial charge on any atom is 0.268 e. The Kier molecular flexibility index (Phi) is 4.85. The third-order valence-corrected chi connectivity index (χ3v) is 4.79. The Balaban J connectivity index is 1.51. The van der Waals surface area contributed by atoms with Crippen molar-refractivity contribution < 1.29 is 14.3 Å². The van der Waals surface area contributed by atoms with E-state index in [1.807, 2.05) is 24.3 Å². The summed E-state index contributed by atoms with van der Waals surface area (Å²) in [6.45, 7) is 1.56. The smallest absolute Gasteiger partial charge is 0.268 e. The number of amides is 1. The molecule has 0 aliphatic carbocycles. The molecule has 0 spiro atoms. The summed E-state index contributed by atoms with van der Waals surface area (Å²) in [4.78, 5) is 27.8. The van der Waals surface area contributed by atoms with Gasteiger partial charge < -0.3 is 19.8 Å². The Bertz CT molecular complexity index is 1080. The lowest BCUT2D eigenvalue weighted by molar-refractivity contribution is 0.0946. The molecule has 2 aromatic carbocycles. The highest BCUT2D eigenvalue weighted by atomic mass is 79.9. The molecule has 27 heavy (non-hydrogen) atoms. The van der Waals surface area contributed by atoms with Crippen LogP contribution in [-0.2, 0) is 6.54 Å². The van der Waals surface area contributed by atoms with Gasteiger partial charge in [0.15, 0.2) is 16.9 Å². The molecule has 2 heterocycles. The third-order valence-electron chi connectivity index (χ3n) is 4.30. The molecule has 138 valence electrons. The summed E-state index contributed by atoms with van der Waals surface area (Å²) in [6.07, 6.45) is 0.840. The van der Waals surface area contributed by atoms with E-state index in [4.69, 9.17) is 9.47 Å². The number of hydrogen-bond donors (Lipinski definition) is 2. The number of pyridine rings is 1. The van der Waals surface area contributed by atoms with Crippen molar-refractivity contribution in [3.8, 4) is 11.5 Å². The van der Waals surface area contributed by atoms with Gasteiger partial charge in [-0.15, -0.1) is 0 Å². The van der Waals surface area contributed by atoms with Crippen molar-refractivity contribution in [3.63, 3.8) is 0 Å². The van der Waals surface area contributed by atoms with E-state index in [1.165, 1.54) is 6.07 Å². The molecule has 0 saturated carbocycles. The first-order chi connectivity index (χ1) is 13.1. The van der Waals surface area contributed by atoms with Gasteiger partial charge in [0.1, 0.15) is 5.69 Å². The van der Waals surface area contributed by atoms with Crippen molar-refractivity contribution in [1.29, 1.82) is 0 Å². The molecule has 0 atom stereocenters. The van der Waals surface area contributed by atoms with Gasteiger partial charge >= 0.3 is 0 Å². The minimum Gasteiger partial charge on any atom is -0.490 e. The third kappa shape index (κ3) is 3.83. The van der Waals surface area contributed by atoms with Gasteiger partial charge in [-0.25, -0.2) is 0 Å². The van der Waals surface area contributed by atoms with E-state index in [-0.39, 0.29) is 17.0 Å². The zero-order valence-electron chi connectivity index (χ0n) is 14.4. The van der Waals surface area contributed by atoms with Gasteiger partial charge in [-0.2, -0.15) is 0 Å². The molecule has 1 aliphatic heterocycles. The number of benzene rings is 2. The van der Waals surface area contributed by atoms with Crippen LogP contribution in [0, 0.1) is 0 Å². The fourth-order valence-corrected chi connectivity index (χ4v) is 3.30. The predicted octanol–water partition coefficient (Wildman–Crippen LogP) is 3.38. The van der Waals surface area contributed by atoms with Crippen molar-refractivity contribution in [1.82, 2.24) is 10.3 Å². The Morgan fingerprint density at radius 3 is 2.74 bits per heavy atom. The number of carbonyl (C=O) groups excluding carboxylic acids is 1. The zero-order valence-corrected chi connectivity index (χ0v) is 16.0. The summed E-state index contributed by atoms with van der Waals surface area (Å²) in [5.74, 6) is 1.06. The van der Waals surface area contributed by atoms with E-state index in [0.29, 0.717) is 42.2 Å². The topological polar surface area (TPSA) is 80.4 Å². The molecule has 1 aromatic heterocycles. The van der Waals surface area contributed by atoms with Gasteiger partial charge in [0, 0.05) is 34.4 Å². The van der Waals surface area contributed by atoms with Crippen molar-refractivity contribution in [2.24, 2.45) is 0 Å². The monoisotopic (exact) mass is 428 g/mol. The first-order valence-corrected chi connectivity index (χ1v) is 9.39. The van der Waals surface area contributed by atoms with Crippen LogP contribution in [0.4, 0.5) is 0 Å². The molecule has 7 heteroatoms. The Labute approximate surface area is 163 Å². The second kappa shape index (κ2) is 7.44. The van der Waals surface area contributed by atoms with Crippen LogP contribution in [0.5, 0.6) is 11.5 Å². The van der Waals surface area contributed by atoms with Crippen LogP contribution in [0.1, 0.15) is 22.5 Å². The SMILES string of the molecule is O=C(NCc1ccc2c(c1)OCCCO2)c1cc(=O)c2cc(Br)ccc2[nH]1. The number of carbonyl (C=O) groups is 1. The van der Waals surface area contributed by atoms with Crippen LogP contribution in [0.2, 0.25) is 0 Å². The number of aromatic nitrogens is 1. The van der Waals surface area contributed by atoms with Crippen LogP contribution in [0.25, 0.3) is 10.9 Å². The van der Waals surface area contributed by atoms with Crippen LogP contribution in [0.3, 0.4) is 0 Å². The average molecular weight is 429 g/mol. The summed E-state index contributed by atoms with van der Waals surface area (Å²) in [7, 11) is 0. The van der Waals surface area contributed by atoms with Gasteiger partial charge in [0.2, 0.25) is 0 Å². The average Bonchev–Trinajstić information content (AvgIpc) is 2.91. The zero-order chi connectivity index (χ0) is 18.8. The molecule has 2 N–H and O–H groups in total. The van der Waals surface area contributed by atoms with Crippen LogP contribution < -0.4 is 20.2 Å². The molecule has 1 amide bonds. The van der Waals surface area contributed by atoms with Crippen molar-refractivity contribution in [3.05, 3.63) is 68.4 Å². The van der Waals surface area contributed by atoms with Crippen molar-refractivity contribution >= 4 is 32.7 Å². The first kappa shape index (κ1) is 17.6. The Hall–Kier alpha value is -2.80. The van der Waals surface area contributed by atoms with Gasteiger partial charge in [0.25, 0.3) is 5.91 Å². The van der Waals surface area contributed by atoms with E-state index < -0.39 is 0 Å². The number of nitrogens with one attached hydrogen (secondary N) is 2. The molecule has 0 bridgehead atoms.